The van der Waals surface area contributed by atoms with Gasteiger partial charge < -0.3 is 10.4 Å². The number of rotatable bonds is 6. The fraction of sp³-hybridized carbons (Fsp3) is 0.385. The number of carboxylic acid groups (broad SMARTS) is 1. The van der Waals surface area contributed by atoms with Crippen LogP contribution >= 0.6 is 11.6 Å². The maximum absolute atomic E-state index is 12.2. The average molecular weight is 315 g/mol. The molecule has 1 amide bonds. The van der Waals surface area contributed by atoms with Gasteiger partial charge >= 0.3 is 11.7 Å². The lowest BCUT2D eigenvalue weighted by atomic mass is 9.97. The monoisotopic (exact) mass is 314 g/mol. The van der Waals surface area contributed by atoms with Crippen molar-refractivity contribution in [2.24, 2.45) is 0 Å². The summed E-state index contributed by atoms with van der Waals surface area (Å²) in [6, 6.07) is 4.06. The second kappa shape index (κ2) is 6.53. The number of carbonyl (C=O) groups excluding carboxylic acids is 1. The molecule has 114 valence electrons. The van der Waals surface area contributed by atoms with E-state index in [4.69, 9.17) is 16.7 Å². The van der Waals surface area contributed by atoms with Crippen molar-refractivity contribution in [2.75, 3.05) is 0 Å². The van der Waals surface area contributed by atoms with E-state index in [1.165, 1.54) is 18.2 Å². The lowest BCUT2D eigenvalue weighted by Gasteiger charge is -2.25. The summed E-state index contributed by atoms with van der Waals surface area (Å²) in [5, 5.41) is 22.1. The van der Waals surface area contributed by atoms with Crippen LogP contribution in [0.5, 0.6) is 0 Å². The van der Waals surface area contributed by atoms with Crippen LogP contribution in [0.2, 0.25) is 5.02 Å². The largest absolute Gasteiger partial charge is 0.481 e. The van der Waals surface area contributed by atoms with Crippen molar-refractivity contribution in [1.29, 1.82) is 0 Å². The number of benzene rings is 1. The van der Waals surface area contributed by atoms with Crippen molar-refractivity contribution in [1.82, 2.24) is 5.32 Å². The Labute approximate surface area is 126 Å². The van der Waals surface area contributed by atoms with E-state index in [0.29, 0.717) is 0 Å². The van der Waals surface area contributed by atoms with Crippen LogP contribution in [0.15, 0.2) is 18.2 Å². The molecule has 1 aromatic rings. The van der Waals surface area contributed by atoms with Crippen LogP contribution in [0.4, 0.5) is 5.69 Å². The normalized spacial score (nSPS) is 11.0. The summed E-state index contributed by atoms with van der Waals surface area (Å²) >= 11 is 5.74. The topological polar surface area (TPSA) is 110 Å². The number of nitrogens with one attached hydrogen (secondary N) is 1. The Bertz CT molecular complexity index is 586. The maximum Gasteiger partial charge on any atom is 0.303 e. The van der Waals surface area contributed by atoms with E-state index in [1.54, 1.807) is 13.8 Å². The van der Waals surface area contributed by atoms with Crippen LogP contribution in [0.25, 0.3) is 0 Å². The van der Waals surface area contributed by atoms with Gasteiger partial charge in [-0.1, -0.05) is 17.7 Å². The van der Waals surface area contributed by atoms with E-state index in [0.717, 1.165) is 0 Å². The third-order valence-corrected chi connectivity index (χ3v) is 3.13. The van der Waals surface area contributed by atoms with Gasteiger partial charge in [0.15, 0.2) is 0 Å². The van der Waals surface area contributed by atoms with Gasteiger partial charge in [0.2, 0.25) is 0 Å². The van der Waals surface area contributed by atoms with Gasteiger partial charge in [0.1, 0.15) is 10.6 Å². The smallest absolute Gasteiger partial charge is 0.303 e. The Morgan fingerprint density at radius 2 is 2.05 bits per heavy atom. The molecule has 1 aromatic carbocycles. The molecule has 0 bridgehead atoms. The molecule has 0 aliphatic heterocycles. The van der Waals surface area contributed by atoms with Crippen molar-refractivity contribution in [2.45, 2.75) is 32.2 Å². The number of carboxylic acids is 1. The minimum Gasteiger partial charge on any atom is -0.481 e. The molecule has 7 nitrogen and oxygen atoms in total. The third-order valence-electron chi connectivity index (χ3n) is 2.83. The number of nitro benzene ring substituents is 1. The first-order valence-corrected chi connectivity index (χ1v) is 6.49. The molecule has 2 N–H and O–H groups in total. The number of amides is 1. The Morgan fingerprint density at radius 3 is 2.57 bits per heavy atom. The Hall–Kier alpha value is -2.15. The quantitative estimate of drug-likeness (QED) is 0.619. The van der Waals surface area contributed by atoms with Crippen molar-refractivity contribution in [3.63, 3.8) is 0 Å². The summed E-state index contributed by atoms with van der Waals surface area (Å²) < 4.78 is 0. The standard InChI is InChI=1S/C13H15ClN2O5/c1-13(2,7-6-10(17)18)15-12(19)8-4-3-5-9(14)11(8)16(20)21/h3-5H,6-7H2,1-2H3,(H,15,19)(H,17,18). The number of nitrogens with zero attached hydrogens (tertiary/aromatic N) is 1. The molecule has 8 heteroatoms. The fourth-order valence-electron chi connectivity index (χ4n) is 1.74. The van der Waals surface area contributed by atoms with Gasteiger partial charge in [0.05, 0.1) is 4.92 Å². The number of para-hydroxylation sites is 1. The fourth-order valence-corrected chi connectivity index (χ4v) is 1.98. The molecule has 0 aliphatic carbocycles. The van der Waals surface area contributed by atoms with Crippen LogP contribution in [-0.2, 0) is 4.79 Å². The predicted molar refractivity (Wildman–Crippen MR) is 76.5 cm³/mol. The summed E-state index contributed by atoms with van der Waals surface area (Å²) in [6.07, 6.45) is 0.0767. The van der Waals surface area contributed by atoms with Crippen LogP contribution in [0, 0.1) is 10.1 Å². The first-order chi connectivity index (χ1) is 9.64. The zero-order chi connectivity index (χ0) is 16.2. The SMILES string of the molecule is CC(C)(CCC(=O)O)NC(=O)c1cccc(Cl)c1[N+](=O)[O-]. The number of hydrogen-bond acceptors (Lipinski definition) is 4. The first kappa shape index (κ1) is 16.9. The second-order valence-corrected chi connectivity index (χ2v) is 5.53. The minimum atomic E-state index is -0.980. The molecular weight excluding hydrogens is 300 g/mol. The number of nitro groups is 1. The third kappa shape index (κ3) is 4.71. The van der Waals surface area contributed by atoms with Crippen molar-refractivity contribution in [3.8, 4) is 0 Å². The number of carbonyl (C=O) groups is 2. The highest BCUT2D eigenvalue weighted by atomic mass is 35.5. The van der Waals surface area contributed by atoms with Gasteiger partial charge in [-0.15, -0.1) is 0 Å². The zero-order valence-corrected chi connectivity index (χ0v) is 12.3. The molecule has 0 saturated heterocycles. The average Bonchev–Trinajstić information content (AvgIpc) is 2.35. The Kier molecular flexibility index (Phi) is 5.26. The van der Waals surface area contributed by atoms with Crippen molar-refractivity contribution >= 4 is 29.2 Å². The predicted octanol–water partition coefficient (Wildman–Crippen LogP) is 2.62. The van der Waals surface area contributed by atoms with Gasteiger partial charge in [-0.25, -0.2) is 0 Å². The molecule has 0 radical (unpaired) electrons. The Balaban J connectivity index is 2.97. The highest BCUT2D eigenvalue weighted by Crippen LogP contribution is 2.28. The molecule has 0 saturated carbocycles. The highest BCUT2D eigenvalue weighted by Gasteiger charge is 2.28. The van der Waals surface area contributed by atoms with Gasteiger partial charge in [0, 0.05) is 12.0 Å². The van der Waals surface area contributed by atoms with Crippen molar-refractivity contribution < 1.29 is 19.6 Å². The number of aliphatic carboxylic acids is 1. The van der Waals surface area contributed by atoms with E-state index in [2.05, 4.69) is 5.32 Å². The Morgan fingerprint density at radius 1 is 1.43 bits per heavy atom. The first-order valence-electron chi connectivity index (χ1n) is 6.11. The molecule has 0 heterocycles. The van der Waals surface area contributed by atoms with Gasteiger partial charge in [-0.3, -0.25) is 19.7 Å². The minimum absolute atomic E-state index is 0.120. The van der Waals surface area contributed by atoms with E-state index in [9.17, 15) is 19.7 Å². The number of halogens is 1. The molecular formula is C13H15ClN2O5. The summed E-state index contributed by atoms with van der Waals surface area (Å²) in [5.41, 5.74) is -1.44. The van der Waals surface area contributed by atoms with E-state index in [-0.39, 0.29) is 23.4 Å². The van der Waals surface area contributed by atoms with Gasteiger partial charge in [0.25, 0.3) is 5.91 Å². The highest BCUT2D eigenvalue weighted by molar-refractivity contribution is 6.33. The van der Waals surface area contributed by atoms with Crippen LogP contribution in [-0.4, -0.2) is 27.4 Å². The number of hydrogen-bond donors (Lipinski definition) is 2. The molecule has 0 unspecified atom stereocenters. The summed E-state index contributed by atoms with van der Waals surface area (Å²) in [4.78, 5) is 33.0. The summed E-state index contributed by atoms with van der Waals surface area (Å²) in [7, 11) is 0. The van der Waals surface area contributed by atoms with E-state index < -0.39 is 28.0 Å². The lowest BCUT2D eigenvalue weighted by molar-refractivity contribution is -0.385. The summed E-state index contributed by atoms with van der Waals surface area (Å²) in [5.74, 6) is -1.65. The molecule has 0 aliphatic rings. The van der Waals surface area contributed by atoms with Crippen LogP contribution in [0.1, 0.15) is 37.0 Å². The van der Waals surface area contributed by atoms with Crippen LogP contribution < -0.4 is 5.32 Å². The van der Waals surface area contributed by atoms with Gasteiger partial charge in [-0.05, 0) is 32.4 Å². The molecule has 1 rings (SSSR count). The summed E-state index contributed by atoms with van der Waals surface area (Å²) in [6.45, 7) is 3.29. The van der Waals surface area contributed by atoms with Gasteiger partial charge in [-0.2, -0.15) is 0 Å². The molecule has 0 fully saturated rings. The molecule has 21 heavy (non-hydrogen) atoms. The van der Waals surface area contributed by atoms with Crippen molar-refractivity contribution in [3.05, 3.63) is 38.9 Å². The zero-order valence-electron chi connectivity index (χ0n) is 11.6. The second-order valence-electron chi connectivity index (χ2n) is 5.12. The van der Waals surface area contributed by atoms with E-state index in [1.807, 2.05) is 0 Å². The lowest BCUT2D eigenvalue weighted by Crippen LogP contribution is -2.43. The molecule has 0 aromatic heterocycles. The van der Waals surface area contributed by atoms with E-state index >= 15 is 0 Å². The molecule has 0 spiro atoms. The molecule has 0 atom stereocenters. The van der Waals surface area contributed by atoms with Crippen LogP contribution in [0.3, 0.4) is 0 Å². The maximum atomic E-state index is 12.2.